The van der Waals surface area contributed by atoms with E-state index in [1.54, 1.807) is 0 Å². The highest BCUT2D eigenvalue weighted by atomic mass is 35.5. The van der Waals surface area contributed by atoms with Crippen LogP contribution in [0.25, 0.3) is 0 Å². The smallest absolute Gasteiger partial charge is 0.234 e. The zero-order valence-corrected chi connectivity index (χ0v) is 7.63. The fourth-order valence-electron chi connectivity index (χ4n) is 0.927. The molecule has 0 unspecified atom stereocenters. The lowest BCUT2D eigenvalue weighted by Crippen LogP contribution is -2.36. The number of hydrogen-bond donors (Lipinski definition) is 2. The molecule has 0 aliphatic carbocycles. The van der Waals surface area contributed by atoms with Gasteiger partial charge in [0.25, 0.3) is 0 Å². The van der Waals surface area contributed by atoms with Gasteiger partial charge in [0.05, 0.1) is 6.04 Å². The van der Waals surface area contributed by atoms with Crippen molar-refractivity contribution in [2.45, 2.75) is 18.9 Å². The Balaban J connectivity index is -0.000000213. The number of nitrogens with two attached hydrogens (primary N) is 1. The Labute approximate surface area is 78.0 Å². The first kappa shape index (κ1) is 17.2. The van der Waals surface area contributed by atoms with Gasteiger partial charge in [-0.15, -0.1) is 24.8 Å². The molecule has 0 aromatic rings. The molecular weight excluding hydrogens is 191 g/mol. The first-order chi connectivity index (χ1) is 3.80. The molecule has 0 aromatic carbocycles. The van der Waals surface area contributed by atoms with Gasteiger partial charge in [-0.25, -0.2) is 0 Å². The van der Waals surface area contributed by atoms with E-state index in [1.165, 1.54) is 0 Å². The molecule has 0 aromatic heterocycles. The summed E-state index contributed by atoms with van der Waals surface area (Å²) in [5.41, 5.74) is 5.00. The summed E-state index contributed by atoms with van der Waals surface area (Å²) in [6.07, 6.45) is 1.99. The van der Waals surface area contributed by atoms with Crippen LogP contribution < -0.4 is 11.1 Å². The van der Waals surface area contributed by atoms with Crippen molar-refractivity contribution in [3.8, 4) is 0 Å². The Kier molecular flexibility index (Phi) is 12.6. The van der Waals surface area contributed by atoms with Crippen molar-refractivity contribution in [2.75, 3.05) is 6.54 Å². The first-order valence-electron chi connectivity index (χ1n) is 2.83. The quantitative estimate of drug-likeness (QED) is 0.589. The Bertz CT molecular complexity index is 107. The minimum absolute atomic E-state index is 0. The van der Waals surface area contributed by atoms with Gasteiger partial charge < -0.3 is 16.5 Å². The molecule has 1 amide bonds. The second kappa shape index (κ2) is 8.07. The van der Waals surface area contributed by atoms with Gasteiger partial charge in [-0.1, -0.05) is 0 Å². The lowest BCUT2D eigenvalue weighted by Gasteiger charge is -2.01. The summed E-state index contributed by atoms with van der Waals surface area (Å²) >= 11 is 0. The average molecular weight is 205 g/mol. The lowest BCUT2D eigenvalue weighted by molar-refractivity contribution is -0.119. The molecule has 70 valence electrons. The molecule has 11 heavy (non-hydrogen) atoms. The van der Waals surface area contributed by atoms with Crippen molar-refractivity contribution in [2.24, 2.45) is 5.73 Å². The third-order valence-electron chi connectivity index (χ3n) is 1.40. The van der Waals surface area contributed by atoms with Crippen LogP contribution >= 0.6 is 24.8 Å². The lowest BCUT2D eigenvalue weighted by atomic mass is 10.2. The second-order valence-corrected chi connectivity index (χ2v) is 2.05. The Hall–Kier alpha value is -0.0300. The molecule has 1 atom stereocenters. The summed E-state index contributed by atoms with van der Waals surface area (Å²) < 4.78 is 0. The number of halogens is 2. The van der Waals surface area contributed by atoms with Crippen LogP contribution in [0, 0.1) is 0 Å². The number of carbonyl (C=O) groups excluding carboxylic acids is 1. The fraction of sp³-hybridized carbons (Fsp3) is 0.800. The third-order valence-corrected chi connectivity index (χ3v) is 1.40. The molecule has 6 heteroatoms. The van der Waals surface area contributed by atoms with Crippen LogP contribution in [-0.4, -0.2) is 24.0 Å². The van der Waals surface area contributed by atoms with Crippen LogP contribution in [0.1, 0.15) is 12.8 Å². The molecule has 0 radical (unpaired) electrons. The number of nitrogens with one attached hydrogen (secondary N) is 1. The molecule has 0 saturated carbocycles. The minimum Gasteiger partial charge on any atom is -0.412 e. The molecule has 0 bridgehead atoms. The molecule has 1 heterocycles. The van der Waals surface area contributed by atoms with Crippen LogP contribution in [0.2, 0.25) is 0 Å². The predicted octanol–water partition coefficient (Wildman–Crippen LogP) is -0.757. The zero-order chi connectivity index (χ0) is 5.98. The first-order valence-corrected chi connectivity index (χ1v) is 2.83. The van der Waals surface area contributed by atoms with Gasteiger partial charge >= 0.3 is 0 Å². The normalized spacial score (nSPS) is 20.5. The maximum atomic E-state index is 10.4. The summed E-state index contributed by atoms with van der Waals surface area (Å²) in [5, 5.41) is 2.98. The van der Waals surface area contributed by atoms with E-state index >= 15 is 0 Å². The molecule has 1 rings (SSSR count). The Morgan fingerprint density at radius 3 is 2.18 bits per heavy atom. The van der Waals surface area contributed by atoms with E-state index in [0.29, 0.717) is 0 Å². The highest BCUT2D eigenvalue weighted by Crippen LogP contribution is 2.02. The molecule has 4 nitrogen and oxygen atoms in total. The van der Waals surface area contributed by atoms with Crippen molar-refractivity contribution >= 4 is 30.7 Å². The summed E-state index contributed by atoms with van der Waals surface area (Å²) in [4.78, 5) is 10.4. The maximum Gasteiger partial charge on any atom is 0.234 e. The summed E-state index contributed by atoms with van der Waals surface area (Å²) in [7, 11) is 0. The molecule has 0 spiro atoms. The van der Waals surface area contributed by atoms with Crippen LogP contribution in [0.5, 0.6) is 0 Å². The molecule has 1 aliphatic rings. The molecule has 1 saturated heterocycles. The summed E-state index contributed by atoms with van der Waals surface area (Å²) in [5.74, 6) is -0.220. The standard InChI is InChI=1S/C5H10N2O.2ClH.H2O/c6-5(8)4-2-1-3-7-4;;;/h4,7H,1-3H2,(H2,6,8);2*1H;1H2/t4-;;;/m0.../s1. The van der Waals surface area contributed by atoms with E-state index in [9.17, 15) is 4.79 Å². The van der Waals surface area contributed by atoms with Gasteiger partial charge in [0.1, 0.15) is 0 Å². The number of hydrogen-bond acceptors (Lipinski definition) is 2. The summed E-state index contributed by atoms with van der Waals surface area (Å²) in [6, 6.07) is -0.0463. The summed E-state index contributed by atoms with van der Waals surface area (Å²) in [6.45, 7) is 0.938. The van der Waals surface area contributed by atoms with Gasteiger partial charge in [-0.05, 0) is 19.4 Å². The SMILES string of the molecule is Cl.Cl.NC(=O)[C@@H]1CCCN1.O. The van der Waals surface area contributed by atoms with Crippen molar-refractivity contribution in [1.82, 2.24) is 5.32 Å². The zero-order valence-electron chi connectivity index (χ0n) is 6.00. The highest BCUT2D eigenvalue weighted by molar-refractivity contribution is 5.85. The van der Waals surface area contributed by atoms with Gasteiger partial charge in [-0.3, -0.25) is 4.79 Å². The predicted molar refractivity (Wildman–Crippen MR) is 48.3 cm³/mol. The van der Waals surface area contributed by atoms with E-state index in [4.69, 9.17) is 5.73 Å². The molecule has 5 N–H and O–H groups in total. The Morgan fingerprint density at radius 2 is 2.00 bits per heavy atom. The van der Waals surface area contributed by atoms with Gasteiger partial charge in [0, 0.05) is 0 Å². The van der Waals surface area contributed by atoms with Crippen molar-refractivity contribution in [1.29, 1.82) is 0 Å². The van der Waals surface area contributed by atoms with E-state index < -0.39 is 0 Å². The number of rotatable bonds is 1. The molecular formula is C5H14Cl2N2O2. The van der Waals surface area contributed by atoms with E-state index in [1.807, 2.05) is 0 Å². The number of amides is 1. The van der Waals surface area contributed by atoms with E-state index in [0.717, 1.165) is 19.4 Å². The monoisotopic (exact) mass is 204 g/mol. The molecule has 1 aliphatic heterocycles. The van der Waals surface area contributed by atoms with E-state index in [2.05, 4.69) is 5.32 Å². The van der Waals surface area contributed by atoms with Gasteiger partial charge in [0.15, 0.2) is 0 Å². The van der Waals surface area contributed by atoms with Gasteiger partial charge in [0.2, 0.25) is 5.91 Å². The maximum absolute atomic E-state index is 10.4. The van der Waals surface area contributed by atoms with Crippen LogP contribution in [0.4, 0.5) is 0 Å². The van der Waals surface area contributed by atoms with Crippen molar-refractivity contribution in [3.05, 3.63) is 0 Å². The molecule has 1 fully saturated rings. The van der Waals surface area contributed by atoms with Crippen LogP contribution in [0.3, 0.4) is 0 Å². The van der Waals surface area contributed by atoms with Gasteiger partial charge in [-0.2, -0.15) is 0 Å². The van der Waals surface area contributed by atoms with E-state index in [-0.39, 0.29) is 42.2 Å². The fourth-order valence-corrected chi connectivity index (χ4v) is 0.927. The van der Waals surface area contributed by atoms with Crippen LogP contribution in [0.15, 0.2) is 0 Å². The second-order valence-electron chi connectivity index (χ2n) is 2.05. The average Bonchev–Trinajstić information content (AvgIpc) is 2.12. The minimum atomic E-state index is -0.220. The Morgan fingerprint density at radius 1 is 1.45 bits per heavy atom. The van der Waals surface area contributed by atoms with Crippen molar-refractivity contribution < 1.29 is 10.3 Å². The third kappa shape index (κ3) is 5.26. The highest BCUT2D eigenvalue weighted by Gasteiger charge is 2.18. The topological polar surface area (TPSA) is 86.6 Å². The van der Waals surface area contributed by atoms with Crippen molar-refractivity contribution in [3.63, 3.8) is 0 Å². The van der Waals surface area contributed by atoms with Crippen LogP contribution in [-0.2, 0) is 4.79 Å². The number of carbonyl (C=O) groups is 1. The number of primary amides is 1. The largest absolute Gasteiger partial charge is 0.412 e.